The predicted molar refractivity (Wildman–Crippen MR) is 51.5 cm³/mol. The zero-order valence-electron chi connectivity index (χ0n) is 7.03. The maximum Gasteiger partial charge on any atom is 0.308 e. The third-order valence-electron chi connectivity index (χ3n) is 1.41. The second kappa shape index (κ2) is 3.98. The number of benzene rings is 1. The van der Waals surface area contributed by atoms with E-state index >= 15 is 0 Å². The van der Waals surface area contributed by atoms with E-state index < -0.39 is 10.1 Å². The van der Waals surface area contributed by atoms with Gasteiger partial charge in [-0.1, -0.05) is 23.7 Å². The van der Waals surface area contributed by atoms with E-state index in [0.29, 0.717) is 5.02 Å². The molecule has 0 bridgehead atoms. The molecule has 0 saturated carbocycles. The highest BCUT2D eigenvalue weighted by Gasteiger charge is 2.10. The Morgan fingerprint density at radius 3 is 2.54 bits per heavy atom. The van der Waals surface area contributed by atoms with Gasteiger partial charge in [0.05, 0.1) is 10.8 Å². The van der Waals surface area contributed by atoms with Crippen molar-refractivity contribution >= 4 is 21.7 Å². The zero-order valence-corrected chi connectivity index (χ0v) is 8.60. The fourth-order valence-electron chi connectivity index (χ4n) is 0.708. The van der Waals surface area contributed by atoms with Crippen molar-refractivity contribution in [2.24, 2.45) is 0 Å². The van der Waals surface area contributed by atoms with Crippen LogP contribution in [0.1, 0.15) is 6.92 Å². The molecule has 0 unspecified atom stereocenters. The average molecular weight is 221 g/mol. The lowest BCUT2D eigenvalue weighted by Gasteiger charge is -2.05. The van der Waals surface area contributed by atoms with Crippen LogP contribution in [-0.4, -0.2) is 14.2 Å². The van der Waals surface area contributed by atoms with Crippen LogP contribution in [-0.2, 0) is 10.1 Å². The molecule has 0 aromatic heterocycles. The molecule has 0 radical (unpaired) electrons. The molecular formula is C8H9ClO3S. The van der Waals surface area contributed by atoms with Crippen LogP contribution in [0.25, 0.3) is 0 Å². The van der Waals surface area contributed by atoms with E-state index in [1.165, 1.54) is 13.0 Å². The van der Waals surface area contributed by atoms with Crippen molar-refractivity contribution in [1.82, 2.24) is 0 Å². The Bertz CT molecular complexity index is 386. The second-order valence-corrected chi connectivity index (χ2v) is 4.63. The Labute approximate surface area is 82.4 Å². The summed E-state index contributed by atoms with van der Waals surface area (Å²) < 4.78 is 26.8. The van der Waals surface area contributed by atoms with Gasteiger partial charge in [-0.2, -0.15) is 8.42 Å². The van der Waals surface area contributed by atoms with E-state index in [2.05, 4.69) is 0 Å². The van der Waals surface area contributed by atoms with Crippen molar-refractivity contribution in [2.45, 2.75) is 6.92 Å². The monoisotopic (exact) mass is 220 g/mol. The molecule has 1 rings (SSSR count). The highest BCUT2D eigenvalue weighted by Crippen LogP contribution is 2.24. The summed E-state index contributed by atoms with van der Waals surface area (Å²) in [5, 5.41) is 0.291. The number of hydrogen-bond donors (Lipinski definition) is 0. The molecule has 0 fully saturated rings. The summed E-state index contributed by atoms with van der Waals surface area (Å²) in [6, 6.07) is 6.44. The standard InChI is InChI=1S/C8H9ClO3S/c1-2-13(10,11)12-8-6-4-3-5-7(8)9/h3-6H,2H2,1H3. The van der Waals surface area contributed by atoms with Crippen LogP contribution < -0.4 is 4.18 Å². The van der Waals surface area contributed by atoms with Gasteiger partial charge in [0.1, 0.15) is 0 Å². The molecule has 0 N–H and O–H groups in total. The summed E-state index contributed by atoms with van der Waals surface area (Å²) in [5.41, 5.74) is 0. The molecule has 0 atom stereocenters. The van der Waals surface area contributed by atoms with Crippen molar-refractivity contribution in [3.8, 4) is 5.75 Å². The third-order valence-corrected chi connectivity index (χ3v) is 2.86. The first kappa shape index (κ1) is 10.3. The molecule has 3 nitrogen and oxygen atoms in total. The van der Waals surface area contributed by atoms with Crippen molar-refractivity contribution in [1.29, 1.82) is 0 Å². The van der Waals surface area contributed by atoms with Crippen LogP contribution in [0.2, 0.25) is 5.02 Å². The van der Waals surface area contributed by atoms with Gasteiger partial charge < -0.3 is 4.18 Å². The van der Waals surface area contributed by atoms with Gasteiger partial charge in [0.2, 0.25) is 0 Å². The third kappa shape index (κ3) is 2.90. The molecule has 1 aromatic carbocycles. The Morgan fingerprint density at radius 1 is 1.38 bits per heavy atom. The molecule has 0 aliphatic carbocycles. The summed E-state index contributed by atoms with van der Waals surface area (Å²) in [6.07, 6.45) is 0. The van der Waals surface area contributed by atoms with Crippen molar-refractivity contribution in [2.75, 3.05) is 5.75 Å². The van der Waals surface area contributed by atoms with Crippen molar-refractivity contribution in [3.63, 3.8) is 0 Å². The maximum atomic E-state index is 11.0. The molecule has 0 amide bonds. The summed E-state index contributed by atoms with van der Waals surface area (Å²) in [4.78, 5) is 0. The Morgan fingerprint density at radius 2 is 2.00 bits per heavy atom. The predicted octanol–water partition coefficient (Wildman–Crippen LogP) is 2.07. The topological polar surface area (TPSA) is 43.4 Å². The van der Waals surface area contributed by atoms with E-state index in [0.717, 1.165) is 0 Å². The van der Waals surface area contributed by atoms with Crippen LogP contribution in [0, 0.1) is 0 Å². The second-order valence-electron chi connectivity index (χ2n) is 2.36. The average Bonchev–Trinajstić information content (AvgIpc) is 2.09. The largest absolute Gasteiger partial charge is 0.381 e. The minimum absolute atomic E-state index is 0.0712. The van der Waals surface area contributed by atoms with Crippen molar-refractivity contribution in [3.05, 3.63) is 29.3 Å². The number of para-hydroxylation sites is 1. The molecule has 0 spiro atoms. The summed E-state index contributed by atoms with van der Waals surface area (Å²) in [6.45, 7) is 1.51. The first-order valence-electron chi connectivity index (χ1n) is 3.72. The highest BCUT2D eigenvalue weighted by molar-refractivity contribution is 7.87. The van der Waals surface area contributed by atoms with E-state index in [1.807, 2.05) is 0 Å². The molecule has 0 aliphatic rings. The van der Waals surface area contributed by atoms with Crippen molar-refractivity contribution < 1.29 is 12.6 Å². The summed E-state index contributed by atoms with van der Waals surface area (Å²) >= 11 is 5.70. The molecule has 72 valence electrons. The normalized spacial score (nSPS) is 11.2. The van der Waals surface area contributed by atoms with E-state index in [-0.39, 0.29) is 11.5 Å². The van der Waals surface area contributed by atoms with Crippen LogP contribution in [0.4, 0.5) is 0 Å². The summed E-state index contributed by atoms with van der Waals surface area (Å²) in [5.74, 6) is 0.101. The minimum atomic E-state index is -3.48. The first-order chi connectivity index (χ1) is 6.05. The van der Waals surface area contributed by atoms with E-state index in [4.69, 9.17) is 15.8 Å². The van der Waals surface area contributed by atoms with Gasteiger partial charge in [-0.15, -0.1) is 0 Å². The molecule has 0 heterocycles. The van der Waals surface area contributed by atoms with Gasteiger partial charge in [0, 0.05) is 0 Å². The zero-order chi connectivity index (χ0) is 9.90. The van der Waals surface area contributed by atoms with Gasteiger partial charge >= 0.3 is 10.1 Å². The van der Waals surface area contributed by atoms with Gasteiger partial charge in [0.15, 0.2) is 5.75 Å². The summed E-state index contributed by atoms with van der Waals surface area (Å²) in [7, 11) is -3.48. The van der Waals surface area contributed by atoms with Gasteiger partial charge in [0.25, 0.3) is 0 Å². The molecule has 5 heteroatoms. The number of hydrogen-bond acceptors (Lipinski definition) is 3. The quantitative estimate of drug-likeness (QED) is 0.733. The molecule has 1 aromatic rings. The Hall–Kier alpha value is -0.740. The fourth-order valence-corrected chi connectivity index (χ4v) is 1.46. The lowest BCUT2D eigenvalue weighted by Crippen LogP contribution is -2.11. The van der Waals surface area contributed by atoms with E-state index in [9.17, 15) is 8.42 Å². The Balaban J connectivity index is 2.93. The van der Waals surface area contributed by atoms with Gasteiger partial charge in [-0.25, -0.2) is 0 Å². The van der Waals surface area contributed by atoms with Crippen LogP contribution in [0.3, 0.4) is 0 Å². The fraction of sp³-hybridized carbons (Fsp3) is 0.250. The van der Waals surface area contributed by atoms with Crippen LogP contribution in [0.5, 0.6) is 5.75 Å². The Kier molecular flexibility index (Phi) is 3.17. The van der Waals surface area contributed by atoms with E-state index in [1.54, 1.807) is 18.2 Å². The lowest BCUT2D eigenvalue weighted by atomic mass is 10.3. The smallest absolute Gasteiger partial charge is 0.308 e. The van der Waals surface area contributed by atoms with Crippen LogP contribution in [0.15, 0.2) is 24.3 Å². The molecule has 0 saturated heterocycles. The SMILES string of the molecule is CCS(=O)(=O)Oc1ccccc1Cl. The number of rotatable bonds is 3. The lowest BCUT2D eigenvalue weighted by molar-refractivity contribution is 0.487. The van der Waals surface area contributed by atoms with Gasteiger partial charge in [-0.3, -0.25) is 0 Å². The highest BCUT2D eigenvalue weighted by atomic mass is 35.5. The molecule has 0 aliphatic heterocycles. The molecular weight excluding hydrogens is 212 g/mol. The first-order valence-corrected chi connectivity index (χ1v) is 5.67. The molecule has 13 heavy (non-hydrogen) atoms. The number of halogens is 1. The minimum Gasteiger partial charge on any atom is -0.381 e. The maximum absolute atomic E-state index is 11.0. The van der Waals surface area contributed by atoms with Crippen LogP contribution >= 0.6 is 11.6 Å². The van der Waals surface area contributed by atoms with Gasteiger partial charge in [-0.05, 0) is 19.1 Å².